The lowest BCUT2D eigenvalue weighted by Gasteiger charge is -2.33. The van der Waals surface area contributed by atoms with Crippen molar-refractivity contribution in [2.24, 2.45) is 0 Å². The van der Waals surface area contributed by atoms with Crippen molar-refractivity contribution in [2.75, 3.05) is 18.4 Å². The third-order valence-electron chi connectivity index (χ3n) is 4.49. The number of amides is 2. The molecule has 2 heterocycles. The summed E-state index contributed by atoms with van der Waals surface area (Å²) in [5.41, 5.74) is 0.625. The van der Waals surface area contributed by atoms with Crippen molar-refractivity contribution in [3.05, 3.63) is 46.9 Å². The van der Waals surface area contributed by atoms with E-state index < -0.39 is 5.82 Å². The van der Waals surface area contributed by atoms with E-state index in [1.165, 1.54) is 19.1 Å². The fraction of sp³-hybridized carbons (Fsp3) is 0.389. The summed E-state index contributed by atoms with van der Waals surface area (Å²) in [5, 5.41) is 7.33. The van der Waals surface area contributed by atoms with Crippen molar-refractivity contribution >= 4 is 29.2 Å². The van der Waals surface area contributed by atoms with Gasteiger partial charge in [0.1, 0.15) is 11.6 Å². The number of hydrogen-bond donors (Lipinski definition) is 1. The minimum Gasteiger partial charge on any atom is -0.342 e. The first-order chi connectivity index (χ1) is 12.4. The summed E-state index contributed by atoms with van der Waals surface area (Å²) in [6, 6.07) is 5.96. The number of likely N-dealkylation sites (tertiary alicyclic amines) is 1. The number of carbonyl (C=O) groups excluding carboxylic acids is 2. The van der Waals surface area contributed by atoms with Crippen molar-refractivity contribution < 1.29 is 14.0 Å². The number of anilines is 1. The number of piperidine rings is 1. The topological polar surface area (TPSA) is 67.2 Å². The van der Waals surface area contributed by atoms with Crippen molar-refractivity contribution in [2.45, 2.75) is 32.2 Å². The van der Waals surface area contributed by atoms with Crippen molar-refractivity contribution in [1.82, 2.24) is 14.7 Å². The summed E-state index contributed by atoms with van der Waals surface area (Å²) in [6.45, 7) is 2.66. The number of carbonyl (C=O) groups is 2. The average Bonchev–Trinajstić information content (AvgIpc) is 3.05. The molecule has 2 amide bonds. The summed E-state index contributed by atoms with van der Waals surface area (Å²) in [6.07, 6.45) is 3.30. The van der Waals surface area contributed by atoms with E-state index in [1.54, 1.807) is 27.9 Å². The van der Waals surface area contributed by atoms with Gasteiger partial charge in [0.25, 0.3) is 0 Å². The SMILES string of the molecule is CC(=O)Nc1ccnn1C1CCN(C(=O)Cc2ccc(F)cc2Cl)CC1. The Hall–Kier alpha value is -2.41. The van der Waals surface area contributed by atoms with Gasteiger partial charge in [-0.2, -0.15) is 5.10 Å². The third-order valence-corrected chi connectivity index (χ3v) is 4.85. The maximum atomic E-state index is 13.1. The third kappa shape index (κ3) is 4.22. The van der Waals surface area contributed by atoms with E-state index in [0.29, 0.717) is 24.5 Å². The predicted octanol–water partition coefficient (Wildman–Crippen LogP) is 3.04. The molecule has 0 radical (unpaired) electrons. The summed E-state index contributed by atoms with van der Waals surface area (Å²) in [7, 11) is 0. The van der Waals surface area contributed by atoms with Gasteiger partial charge in [0.2, 0.25) is 11.8 Å². The number of hydrogen-bond acceptors (Lipinski definition) is 3. The Morgan fingerprint density at radius 1 is 1.31 bits per heavy atom. The Balaban J connectivity index is 1.59. The lowest BCUT2D eigenvalue weighted by molar-refractivity contribution is -0.131. The molecule has 138 valence electrons. The van der Waals surface area contributed by atoms with Crippen LogP contribution in [0.4, 0.5) is 10.2 Å². The zero-order chi connectivity index (χ0) is 18.7. The highest BCUT2D eigenvalue weighted by Crippen LogP contribution is 2.26. The molecule has 0 atom stereocenters. The molecule has 2 aromatic rings. The molecule has 0 unspecified atom stereocenters. The Kier molecular flexibility index (Phi) is 5.56. The molecule has 1 aliphatic rings. The summed E-state index contributed by atoms with van der Waals surface area (Å²) >= 11 is 6.01. The molecule has 0 aliphatic carbocycles. The number of benzene rings is 1. The number of rotatable bonds is 4. The summed E-state index contributed by atoms with van der Waals surface area (Å²) in [4.78, 5) is 25.6. The van der Waals surface area contributed by atoms with Crippen LogP contribution in [0.2, 0.25) is 5.02 Å². The van der Waals surface area contributed by atoms with Gasteiger partial charge in [-0.25, -0.2) is 9.07 Å². The van der Waals surface area contributed by atoms with Gasteiger partial charge in [0.05, 0.1) is 18.7 Å². The maximum absolute atomic E-state index is 13.1. The fourth-order valence-electron chi connectivity index (χ4n) is 3.18. The Morgan fingerprint density at radius 3 is 2.69 bits per heavy atom. The maximum Gasteiger partial charge on any atom is 0.227 e. The molecule has 0 saturated carbocycles. The first kappa shape index (κ1) is 18.4. The van der Waals surface area contributed by atoms with Gasteiger partial charge in [-0.05, 0) is 30.5 Å². The van der Waals surface area contributed by atoms with Crippen molar-refractivity contribution in [3.8, 4) is 0 Å². The molecule has 1 saturated heterocycles. The van der Waals surface area contributed by atoms with Crippen molar-refractivity contribution in [3.63, 3.8) is 0 Å². The highest BCUT2D eigenvalue weighted by atomic mass is 35.5. The zero-order valence-corrected chi connectivity index (χ0v) is 15.2. The van der Waals surface area contributed by atoms with E-state index in [2.05, 4.69) is 10.4 Å². The summed E-state index contributed by atoms with van der Waals surface area (Å²) < 4.78 is 14.9. The highest BCUT2D eigenvalue weighted by molar-refractivity contribution is 6.31. The molecular formula is C18H20ClFN4O2. The normalized spacial score (nSPS) is 15.1. The fourth-order valence-corrected chi connectivity index (χ4v) is 3.42. The highest BCUT2D eigenvalue weighted by Gasteiger charge is 2.26. The van der Waals surface area contributed by atoms with Crippen LogP contribution in [0.1, 0.15) is 31.4 Å². The standard InChI is InChI=1S/C18H20ClFN4O2/c1-12(25)22-17-4-7-21-24(17)15-5-8-23(9-6-15)18(26)10-13-2-3-14(20)11-16(13)19/h2-4,7,11,15H,5-6,8-10H2,1H3,(H,22,25). The largest absolute Gasteiger partial charge is 0.342 e. The number of nitrogens with zero attached hydrogens (tertiary/aromatic N) is 3. The zero-order valence-electron chi connectivity index (χ0n) is 14.4. The van der Waals surface area contributed by atoms with Crippen LogP contribution in [0.25, 0.3) is 0 Å². The van der Waals surface area contributed by atoms with Gasteiger partial charge in [0, 0.05) is 31.1 Å². The van der Waals surface area contributed by atoms with Crippen LogP contribution in [-0.4, -0.2) is 39.6 Å². The molecule has 8 heteroatoms. The monoisotopic (exact) mass is 378 g/mol. The minimum atomic E-state index is -0.416. The molecule has 0 bridgehead atoms. The van der Waals surface area contributed by atoms with Crippen LogP contribution in [0.3, 0.4) is 0 Å². The van der Waals surface area contributed by atoms with Gasteiger partial charge in [-0.15, -0.1) is 0 Å². The molecule has 1 aromatic carbocycles. The van der Waals surface area contributed by atoms with Crippen LogP contribution in [0.5, 0.6) is 0 Å². The van der Waals surface area contributed by atoms with Crippen LogP contribution in [-0.2, 0) is 16.0 Å². The second-order valence-corrected chi connectivity index (χ2v) is 6.77. The number of halogens is 2. The lowest BCUT2D eigenvalue weighted by Crippen LogP contribution is -2.40. The van der Waals surface area contributed by atoms with E-state index in [4.69, 9.17) is 11.6 Å². The second-order valence-electron chi connectivity index (χ2n) is 6.37. The first-order valence-electron chi connectivity index (χ1n) is 8.47. The van der Waals surface area contributed by atoms with E-state index in [9.17, 15) is 14.0 Å². The van der Waals surface area contributed by atoms with E-state index >= 15 is 0 Å². The van der Waals surface area contributed by atoms with Gasteiger partial charge in [-0.3, -0.25) is 9.59 Å². The van der Waals surface area contributed by atoms with Gasteiger partial charge in [-0.1, -0.05) is 17.7 Å². The van der Waals surface area contributed by atoms with E-state index in [-0.39, 0.29) is 29.3 Å². The first-order valence-corrected chi connectivity index (χ1v) is 8.84. The quantitative estimate of drug-likeness (QED) is 0.889. The van der Waals surface area contributed by atoms with Crippen molar-refractivity contribution in [1.29, 1.82) is 0 Å². The predicted molar refractivity (Wildman–Crippen MR) is 96.5 cm³/mol. The lowest BCUT2D eigenvalue weighted by atomic mass is 10.0. The number of aromatic nitrogens is 2. The van der Waals surface area contributed by atoms with Gasteiger partial charge in [0.15, 0.2) is 0 Å². The molecule has 3 rings (SSSR count). The minimum absolute atomic E-state index is 0.0282. The van der Waals surface area contributed by atoms with Crippen LogP contribution in [0, 0.1) is 5.82 Å². The van der Waals surface area contributed by atoms with Crippen LogP contribution >= 0.6 is 11.6 Å². The summed E-state index contributed by atoms with van der Waals surface area (Å²) in [5.74, 6) is 0.0802. The van der Waals surface area contributed by atoms with Crippen LogP contribution < -0.4 is 5.32 Å². The van der Waals surface area contributed by atoms with Gasteiger partial charge >= 0.3 is 0 Å². The molecular weight excluding hydrogens is 359 g/mol. The second kappa shape index (κ2) is 7.86. The van der Waals surface area contributed by atoms with E-state index in [0.717, 1.165) is 12.8 Å². The molecule has 1 aromatic heterocycles. The molecule has 1 N–H and O–H groups in total. The molecule has 1 fully saturated rings. The smallest absolute Gasteiger partial charge is 0.227 e. The molecule has 6 nitrogen and oxygen atoms in total. The Bertz CT molecular complexity index is 815. The molecule has 26 heavy (non-hydrogen) atoms. The molecule has 1 aliphatic heterocycles. The molecule has 0 spiro atoms. The van der Waals surface area contributed by atoms with E-state index in [1.807, 2.05) is 0 Å². The number of nitrogens with one attached hydrogen (secondary N) is 1. The Morgan fingerprint density at radius 2 is 2.04 bits per heavy atom. The average molecular weight is 379 g/mol. The van der Waals surface area contributed by atoms with Crippen LogP contribution in [0.15, 0.2) is 30.5 Å². The Labute approximate surface area is 155 Å². The van der Waals surface area contributed by atoms with Gasteiger partial charge < -0.3 is 10.2 Å².